The Morgan fingerprint density at radius 1 is 1.15 bits per heavy atom. The van der Waals surface area contributed by atoms with Crippen molar-refractivity contribution >= 4 is 29.9 Å². The van der Waals surface area contributed by atoms with Gasteiger partial charge in [-0.15, -0.1) is 37.1 Å². The van der Waals surface area contributed by atoms with Crippen molar-refractivity contribution < 1.29 is 0 Å². The second-order valence-corrected chi connectivity index (χ2v) is 7.84. The highest BCUT2D eigenvalue weighted by molar-refractivity contribution is 14.0. The van der Waals surface area contributed by atoms with E-state index in [1.165, 1.54) is 12.8 Å². The summed E-state index contributed by atoms with van der Waals surface area (Å²) in [7, 11) is 1.86. The molecule has 2 N–H and O–H groups in total. The molecule has 1 unspecified atom stereocenters. The van der Waals surface area contributed by atoms with Gasteiger partial charge in [-0.3, -0.25) is 9.89 Å². The number of nitrogens with zero attached hydrogens (tertiary/aromatic N) is 3. The average Bonchev–Trinajstić information content (AvgIpc) is 2.61. The fourth-order valence-corrected chi connectivity index (χ4v) is 3.61. The molecule has 0 radical (unpaired) electrons. The van der Waals surface area contributed by atoms with E-state index in [2.05, 4.69) is 66.3 Å². The zero-order valence-corrected chi connectivity index (χ0v) is 20.4. The lowest BCUT2D eigenvalue weighted by Crippen LogP contribution is -2.53. The van der Waals surface area contributed by atoms with E-state index in [1.54, 1.807) is 0 Å². The van der Waals surface area contributed by atoms with E-state index in [1.807, 2.05) is 19.2 Å². The summed E-state index contributed by atoms with van der Waals surface area (Å²) in [6.45, 7) is 21.8. The van der Waals surface area contributed by atoms with Crippen molar-refractivity contribution in [2.45, 2.75) is 58.7 Å². The fraction of sp³-hybridized carbons (Fsp3) is 0.762. The molecule has 0 aliphatic carbocycles. The number of hydrogen-bond acceptors (Lipinski definition) is 3. The van der Waals surface area contributed by atoms with Gasteiger partial charge in [-0.05, 0) is 32.6 Å². The molecule has 1 rings (SSSR count). The summed E-state index contributed by atoms with van der Waals surface area (Å²) in [6.07, 6.45) is 6.28. The van der Waals surface area contributed by atoms with E-state index in [0.717, 1.165) is 38.7 Å². The average molecular weight is 492 g/mol. The number of nitrogens with one attached hydrogen (secondary N) is 2. The van der Waals surface area contributed by atoms with Gasteiger partial charge in [-0.1, -0.05) is 26.0 Å². The van der Waals surface area contributed by atoms with E-state index in [9.17, 15) is 0 Å². The van der Waals surface area contributed by atoms with Crippen LogP contribution in [0.2, 0.25) is 0 Å². The van der Waals surface area contributed by atoms with Crippen LogP contribution in [0.1, 0.15) is 40.5 Å². The van der Waals surface area contributed by atoms with Crippen molar-refractivity contribution in [2.24, 2.45) is 10.9 Å². The molecule has 27 heavy (non-hydrogen) atoms. The predicted molar refractivity (Wildman–Crippen MR) is 130 cm³/mol. The Bertz CT molecular complexity index is 432. The van der Waals surface area contributed by atoms with Gasteiger partial charge in [0.15, 0.2) is 5.96 Å². The number of hydrogen-bond donors (Lipinski definition) is 2. The Labute approximate surface area is 184 Å². The fourth-order valence-electron chi connectivity index (χ4n) is 3.61. The SMILES string of the molecule is C=CCN(CC=C)C(CNC(=NC)NC1CCN(C(C)C)CC1)C(C)C.I. The molecule has 1 fully saturated rings. The predicted octanol–water partition coefficient (Wildman–Crippen LogP) is 3.34. The van der Waals surface area contributed by atoms with Gasteiger partial charge in [0, 0.05) is 57.9 Å². The van der Waals surface area contributed by atoms with Crippen LogP contribution in [-0.2, 0) is 0 Å². The minimum Gasteiger partial charge on any atom is -0.355 e. The summed E-state index contributed by atoms with van der Waals surface area (Å²) in [5, 5.41) is 7.16. The molecule has 0 spiro atoms. The van der Waals surface area contributed by atoms with Crippen molar-refractivity contribution in [2.75, 3.05) is 39.8 Å². The highest BCUT2D eigenvalue weighted by Crippen LogP contribution is 2.13. The zero-order valence-electron chi connectivity index (χ0n) is 18.1. The van der Waals surface area contributed by atoms with Gasteiger partial charge in [-0.25, -0.2) is 0 Å². The molecular formula is C21H42IN5. The van der Waals surface area contributed by atoms with Crippen molar-refractivity contribution in [3.05, 3.63) is 25.3 Å². The topological polar surface area (TPSA) is 42.9 Å². The van der Waals surface area contributed by atoms with Crippen molar-refractivity contribution in [3.63, 3.8) is 0 Å². The van der Waals surface area contributed by atoms with Crippen LogP contribution in [0.5, 0.6) is 0 Å². The molecule has 0 aromatic heterocycles. The first kappa shape index (κ1) is 26.4. The van der Waals surface area contributed by atoms with Crippen molar-refractivity contribution in [1.29, 1.82) is 0 Å². The molecule has 1 saturated heterocycles. The Hall–Kier alpha value is -0.600. The lowest BCUT2D eigenvalue weighted by molar-refractivity contribution is 0.166. The Morgan fingerprint density at radius 3 is 2.11 bits per heavy atom. The molecule has 5 nitrogen and oxygen atoms in total. The normalized spacial score (nSPS) is 17.7. The van der Waals surface area contributed by atoms with E-state index in [0.29, 0.717) is 24.0 Å². The monoisotopic (exact) mass is 491 g/mol. The number of aliphatic imine (C=N–C) groups is 1. The molecule has 158 valence electrons. The van der Waals surface area contributed by atoms with Gasteiger partial charge in [0.05, 0.1) is 0 Å². The lowest BCUT2D eigenvalue weighted by atomic mass is 10.0. The van der Waals surface area contributed by atoms with Gasteiger partial charge in [-0.2, -0.15) is 0 Å². The van der Waals surface area contributed by atoms with Gasteiger partial charge in [0.1, 0.15) is 0 Å². The first-order valence-corrected chi connectivity index (χ1v) is 10.1. The summed E-state index contributed by atoms with van der Waals surface area (Å²) in [5.74, 6) is 1.45. The number of piperidine rings is 1. The van der Waals surface area contributed by atoms with Crippen LogP contribution in [0.15, 0.2) is 30.3 Å². The van der Waals surface area contributed by atoms with Crippen LogP contribution in [-0.4, -0.2) is 73.7 Å². The molecule has 1 heterocycles. The van der Waals surface area contributed by atoms with Crippen LogP contribution in [0.4, 0.5) is 0 Å². The third-order valence-corrected chi connectivity index (χ3v) is 5.27. The Balaban J connectivity index is 0.00000676. The first-order chi connectivity index (χ1) is 12.4. The minimum atomic E-state index is 0. The third-order valence-electron chi connectivity index (χ3n) is 5.27. The summed E-state index contributed by atoms with van der Waals surface area (Å²) in [6, 6.07) is 1.55. The minimum absolute atomic E-state index is 0. The van der Waals surface area contributed by atoms with Crippen LogP contribution in [0.25, 0.3) is 0 Å². The van der Waals surface area contributed by atoms with Crippen LogP contribution < -0.4 is 10.6 Å². The second-order valence-electron chi connectivity index (χ2n) is 7.84. The van der Waals surface area contributed by atoms with Crippen LogP contribution in [0.3, 0.4) is 0 Å². The standard InChI is InChI=1S/C21H41N5.HI/c1-8-12-26(13-9-2)20(17(3)4)16-23-21(22-7)24-19-10-14-25(15-11-19)18(5)6;/h8-9,17-20H,1-2,10-16H2,3-7H3,(H2,22,23,24);1H. The molecular weight excluding hydrogens is 449 g/mol. The van der Waals surface area contributed by atoms with Crippen molar-refractivity contribution in [3.8, 4) is 0 Å². The van der Waals surface area contributed by atoms with E-state index in [-0.39, 0.29) is 24.0 Å². The van der Waals surface area contributed by atoms with Crippen LogP contribution in [0, 0.1) is 5.92 Å². The number of likely N-dealkylation sites (tertiary alicyclic amines) is 1. The van der Waals surface area contributed by atoms with Crippen molar-refractivity contribution in [1.82, 2.24) is 20.4 Å². The summed E-state index contributed by atoms with van der Waals surface area (Å²) in [5.41, 5.74) is 0. The van der Waals surface area contributed by atoms with E-state index in [4.69, 9.17) is 0 Å². The lowest BCUT2D eigenvalue weighted by Gasteiger charge is -2.36. The van der Waals surface area contributed by atoms with E-state index < -0.39 is 0 Å². The van der Waals surface area contributed by atoms with E-state index >= 15 is 0 Å². The second kappa shape index (κ2) is 14.4. The van der Waals surface area contributed by atoms with Gasteiger partial charge >= 0.3 is 0 Å². The van der Waals surface area contributed by atoms with Crippen LogP contribution >= 0.6 is 24.0 Å². The molecule has 1 aliphatic rings. The smallest absolute Gasteiger partial charge is 0.191 e. The first-order valence-electron chi connectivity index (χ1n) is 10.1. The molecule has 6 heteroatoms. The maximum Gasteiger partial charge on any atom is 0.191 e. The Kier molecular flexibility index (Phi) is 14.1. The maximum atomic E-state index is 4.44. The number of guanidine groups is 1. The quantitative estimate of drug-likeness (QED) is 0.213. The molecule has 1 atom stereocenters. The molecule has 0 bridgehead atoms. The summed E-state index contributed by atoms with van der Waals surface area (Å²) in [4.78, 5) is 9.40. The number of halogens is 1. The molecule has 0 aromatic rings. The maximum absolute atomic E-state index is 4.44. The highest BCUT2D eigenvalue weighted by atomic mass is 127. The molecule has 1 aliphatic heterocycles. The third kappa shape index (κ3) is 9.43. The molecule has 0 saturated carbocycles. The summed E-state index contributed by atoms with van der Waals surface area (Å²) >= 11 is 0. The summed E-state index contributed by atoms with van der Waals surface area (Å²) < 4.78 is 0. The highest BCUT2D eigenvalue weighted by Gasteiger charge is 2.23. The van der Waals surface area contributed by atoms with Gasteiger partial charge in [0.2, 0.25) is 0 Å². The van der Waals surface area contributed by atoms with Gasteiger partial charge < -0.3 is 15.5 Å². The molecule has 0 amide bonds. The zero-order chi connectivity index (χ0) is 19.5. The Morgan fingerprint density at radius 2 is 1.70 bits per heavy atom. The van der Waals surface area contributed by atoms with Gasteiger partial charge in [0.25, 0.3) is 0 Å². The molecule has 0 aromatic carbocycles. The number of rotatable bonds is 10. The largest absolute Gasteiger partial charge is 0.355 e.